The standard InChI is InChI=1S/C25H23N3O3S/c1-14-6-8-19(10-16(14)3)23-27-22(24(30)31-23)12-20-13-32-25(26-20)28(18(5)29)21-9-7-15(2)17(4)11-21/h6-13H,1-5H3. The molecule has 2 heterocycles. The van der Waals surface area contributed by atoms with Crippen molar-refractivity contribution in [3.05, 3.63) is 81.0 Å². The summed E-state index contributed by atoms with van der Waals surface area (Å²) < 4.78 is 5.37. The van der Waals surface area contributed by atoms with Crippen LogP contribution in [0.5, 0.6) is 0 Å². The van der Waals surface area contributed by atoms with Crippen LogP contribution in [-0.4, -0.2) is 22.8 Å². The van der Waals surface area contributed by atoms with E-state index >= 15 is 0 Å². The molecule has 32 heavy (non-hydrogen) atoms. The number of cyclic esters (lactones) is 1. The van der Waals surface area contributed by atoms with Gasteiger partial charge in [0.1, 0.15) is 0 Å². The first-order chi connectivity index (χ1) is 15.2. The second kappa shape index (κ2) is 8.51. The van der Waals surface area contributed by atoms with Crippen LogP contribution in [0.1, 0.15) is 40.4 Å². The van der Waals surface area contributed by atoms with Crippen LogP contribution in [0, 0.1) is 27.7 Å². The number of aryl methyl sites for hydroxylation is 4. The average molecular weight is 446 g/mol. The molecule has 6 nitrogen and oxygen atoms in total. The molecule has 0 aliphatic carbocycles. The van der Waals surface area contributed by atoms with Crippen LogP contribution in [0.4, 0.5) is 10.8 Å². The Morgan fingerprint density at radius 1 is 1.00 bits per heavy atom. The van der Waals surface area contributed by atoms with E-state index in [1.165, 1.54) is 18.3 Å². The normalized spacial score (nSPS) is 14.5. The predicted octanol–water partition coefficient (Wildman–Crippen LogP) is 5.41. The number of aromatic nitrogens is 1. The molecule has 0 spiro atoms. The van der Waals surface area contributed by atoms with Crippen LogP contribution in [0.3, 0.4) is 0 Å². The van der Waals surface area contributed by atoms with Gasteiger partial charge >= 0.3 is 5.97 Å². The highest BCUT2D eigenvalue weighted by atomic mass is 32.1. The minimum atomic E-state index is -0.523. The second-order valence-corrected chi connectivity index (χ2v) is 8.65. The number of thiazole rings is 1. The third-order valence-corrected chi connectivity index (χ3v) is 6.27. The molecular weight excluding hydrogens is 422 g/mol. The second-order valence-electron chi connectivity index (χ2n) is 7.81. The molecule has 1 amide bonds. The number of carbonyl (C=O) groups is 2. The highest BCUT2D eigenvalue weighted by molar-refractivity contribution is 7.14. The van der Waals surface area contributed by atoms with E-state index in [1.54, 1.807) is 16.4 Å². The molecule has 3 aromatic rings. The summed E-state index contributed by atoms with van der Waals surface area (Å²) in [5.41, 5.74) is 6.72. The van der Waals surface area contributed by atoms with Crippen LogP contribution in [0.25, 0.3) is 6.08 Å². The third kappa shape index (κ3) is 4.24. The number of carbonyl (C=O) groups excluding carboxylic acids is 2. The first-order valence-electron chi connectivity index (χ1n) is 10.2. The SMILES string of the molecule is CC(=O)N(c1ccc(C)c(C)c1)c1nc(C=C2N=C(c3ccc(C)c(C)c3)OC2=O)cs1. The van der Waals surface area contributed by atoms with Gasteiger partial charge in [0.25, 0.3) is 0 Å². The summed E-state index contributed by atoms with van der Waals surface area (Å²) >= 11 is 1.33. The minimum absolute atomic E-state index is 0.142. The number of aliphatic imine (C=N–C) groups is 1. The molecule has 0 bridgehead atoms. The molecule has 1 aliphatic heterocycles. The van der Waals surface area contributed by atoms with Gasteiger partial charge < -0.3 is 4.74 Å². The monoisotopic (exact) mass is 445 g/mol. The van der Waals surface area contributed by atoms with E-state index in [0.29, 0.717) is 10.8 Å². The fraction of sp³-hybridized carbons (Fsp3) is 0.200. The third-order valence-electron chi connectivity index (χ3n) is 5.42. The molecule has 2 aromatic carbocycles. The first-order valence-corrected chi connectivity index (χ1v) is 11.0. The van der Waals surface area contributed by atoms with Gasteiger partial charge in [-0.15, -0.1) is 11.3 Å². The first kappa shape index (κ1) is 21.6. The molecule has 0 radical (unpaired) electrons. The van der Waals surface area contributed by atoms with Crippen molar-refractivity contribution in [3.63, 3.8) is 0 Å². The quantitative estimate of drug-likeness (QED) is 0.398. The van der Waals surface area contributed by atoms with Gasteiger partial charge in [0.2, 0.25) is 11.8 Å². The number of amides is 1. The Labute approximate surface area is 190 Å². The Morgan fingerprint density at radius 2 is 1.69 bits per heavy atom. The van der Waals surface area contributed by atoms with E-state index in [-0.39, 0.29) is 17.5 Å². The molecular formula is C25H23N3O3S. The number of ether oxygens (including phenoxy) is 1. The minimum Gasteiger partial charge on any atom is -0.402 e. The lowest BCUT2D eigenvalue weighted by atomic mass is 10.1. The van der Waals surface area contributed by atoms with Crippen LogP contribution in [-0.2, 0) is 14.3 Å². The van der Waals surface area contributed by atoms with Crippen molar-refractivity contribution in [2.45, 2.75) is 34.6 Å². The summed E-state index contributed by atoms with van der Waals surface area (Å²) in [5, 5.41) is 2.31. The van der Waals surface area contributed by atoms with Crippen molar-refractivity contribution in [1.82, 2.24) is 4.98 Å². The van der Waals surface area contributed by atoms with E-state index in [4.69, 9.17) is 4.74 Å². The smallest absolute Gasteiger partial charge is 0.363 e. The number of esters is 1. The average Bonchev–Trinajstić information content (AvgIpc) is 3.34. The van der Waals surface area contributed by atoms with Crippen molar-refractivity contribution in [3.8, 4) is 0 Å². The molecule has 0 N–H and O–H groups in total. The molecule has 0 saturated heterocycles. The van der Waals surface area contributed by atoms with Gasteiger partial charge in [-0.25, -0.2) is 14.8 Å². The summed E-state index contributed by atoms with van der Waals surface area (Å²) in [6.07, 6.45) is 1.58. The van der Waals surface area contributed by atoms with Crippen molar-refractivity contribution < 1.29 is 14.3 Å². The molecule has 0 atom stereocenters. The van der Waals surface area contributed by atoms with Crippen molar-refractivity contribution in [1.29, 1.82) is 0 Å². The van der Waals surface area contributed by atoms with Gasteiger partial charge in [-0.3, -0.25) is 9.69 Å². The van der Waals surface area contributed by atoms with Gasteiger partial charge in [0.05, 0.1) is 11.4 Å². The van der Waals surface area contributed by atoms with E-state index < -0.39 is 5.97 Å². The zero-order chi connectivity index (χ0) is 23.0. The lowest BCUT2D eigenvalue weighted by Gasteiger charge is -2.19. The number of hydrogen-bond acceptors (Lipinski definition) is 6. The lowest BCUT2D eigenvalue weighted by Crippen LogP contribution is -2.22. The molecule has 1 aliphatic rings. The molecule has 4 rings (SSSR count). The highest BCUT2D eigenvalue weighted by Gasteiger charge is 2.25. The number of rotatable bonds is 4. The molecule has 0 saturated carbocycles. The van der Waals surface area contributed by atoms with Crippen molar-refractivity contribution in [2.24, 2.45) is 4.99 Å². The maximum Gasteiger partial charge on any atom is 0.363 e. The Kier molecular flexibility index (Phi) is 5.76. The van der Waals surface area contributed by atoms with E-state index in [1.807, 2.05) is 64.1 Å². The van der Waals surface area contributed by atoms with Gasteiger partial charge in [-0.1, -0.05) is 12.1 Å². The van der Waals surface area contributed by atoms with Crippen LogP contribution in [0.2, 0.25) is 0 Å². The maximum absolute atomic E-state index is 12.4. The van der Waals surface area contributed by atoms with E-state index in [9.17, 15) is 9.59 Å². The van der Waals surface area contributed by atoms with Gasteiger partial charge in [-0.2, -0.15) is 0 Å². The van der Waals surface area contributed by atoms with Gasteiger partial charge in [0, 0.05) is 17.9 Å². The Balaban J connectivity index is 1.64. The zero-order valence-electron chi connectivity index (χ0n) is 18.6. The predicted molar refractivity (Wildman–Crippen MR) is 127 cm³/mol. The highest BCUT2D eigenvalue weighted by Crippen LogP contribution is 2.31. The largest absolute Gasteiger partial charge is 0.402 e. The van der Waals surface area contributed by atoms with E-state index in [2.05, 4.69) is 9.98 Å². The Morgan fingerprint density at radius 3 is 2.34 bits per heavy atom. The Bertz CT molecular complexity index is 1300. The molecule has 1 aromatic heterocycles. The number of hydrogen-bond donors (Lipinski definition) is 0. The van der Waals surface area contributed by atoms with Crippen LogP contribution < -0.4 is 4.90 Å². The van der Waals surface area contributed by atoms with E-state index in [0.717, 1.165) is 33.5 Å². The topological polar surface area (TPSA) is 71.9 Å². The fourth-order valence-corrected chi connectivity index (χ4v) is 4.13. The molecule has 0 unspecified atom stereocenters. The summed E-state index contributed by atoms with van der Waals surface area (Å²) in [6.45, 7) is 9.56. The van der Waals surface area contributed by atoms with Crippen LogP contribution in [0.15, 0.2) is 52.5 Å². The molecule has 7 heteroatoms. The van der Waals surface area contributed by atoms with Crippen LogP contribution >= 0.6 is 11.3 Å². The maximum atomic E-state index is 12.4. The summed E-state index contributed by atoms with van der Waals surface area (Å²) in [7, 11) is 0. The number of benzene rings is 2. The van der Waals surface area contributed by atoms with Crippen molar-refractivity contribution in [2.75, 3.05) is 4.90 Å². The summed E-state index contributed by atoms with van der Waals surface area (Å²) in [4.78, 5) is 35.2. The summed E-state index contributed by atoms with van der Waals surface area (Å²) in [6, 6.07) is 11.6. The van der Waals surface area contributed by atoms with Gasteiger partial charge in [0.15, 0.2) is 10.8 Å². The zero-order valence-corrected chi connectivity index (χ0v) is 19.4. The lowest BCUT2D eigenvalue weighted by molar-refractivity contribution is -0.130. The summed E-state index contributed by atoms with van der Waals surface area (Å²) in [5.74, 6) is -0.386. The number of anilines is 2. The number of nitrogens with zero attached hydrogens (tertiary/aromatic N) is 3. The van der Waals surface area contributed by atoms with Gasteiger partial charge in [-0.05, 0) is 80.3 Å². The molecule has 0 fully saturated rings. The van der Waals surface area contributed by atoms with Crippen molar-refractivity contribution >= 4 is 46.0 Å². The Hall–Kier alpha value is -3.58. The fourth-order valence-electron chi connectivity index (χ4n) is 3.28. The molecule has 162 valence electrons.